The van der Waals surface area contributed by atoms with Crippen LogP contribution in [0.15, 0.2) is 48.5 Å². The predicted octanol–water partition coefficient (Wildman–Crippen LogP) is 5.76. The van der Waals surface area contributed by atoms with E-state index in [4.69, 9.17) is 4.74 Å². The van der Waals surface area contributed by atoms with E-state index in [9.17, 15) is 5.11 Å². The highest BCUT2D eigenvalue weighted by atomic mass is 16.5. The quantitative estimate of drug-likeness (QED) is 0.597. The minimum atomic E-state index is -0.419. The molecule has 0 amide bonds. The van der Waals surface area contributed by atoms with E-state index in [-0.39, 0.29) is 0 Å². The topological polar surface area (TPSA) is 29.5 Å². The molecule has 0 bridgehead atoms. The number of unbranched alkanes of at least 4 members (excludes halogenated alkanes) is 4. The molecule has 0 saturated heterocycles. The maximum atomic E-state index is 9.56. The lowest BCUT2D eigenvalue weighted by Crippen LogP contribution is -1.97. The molecule has 2 nitrogen and oxygen atoms in total. The maximum Gasteiger partial charge on any atom is 0.119 e. The van der Waals surface area contributed by atoms with Gasteiger partial charge in [0.05, 0.1) is 12.7 Å². The molecule has 0 aliphatic carbocycles. The number of benzene rings is 2. The minimum Gasteiger partial charge on any atom is -0.494 e. The van der Waals surface area contributed by atoms with Gasteiger partial charge in [-0.3, -0.25) is 0 Å². The van der Waals surface area contributed by atoms with Crippen LogP contribution in [-0.4, -0.2) is 11.7 Å². The Bertz CT molecular complexity index is 555. The summed E-state index contributed by atoms with van der Waals surface area (Å²) in [7, 11) is 0. The molecule has 2 aromatic rings. The maximum absolute atomic E-state index is 9.56. The molecule has 0 fully saturated rings. The van der Waals surface area contributed by atoms with Gasteiger partial charge in [-0.25, -0.2) is 0 Å². The van der Waals surface area contributed by atoms with E-state index in [1.165, 1.54) is 25.7 Å². The molecule has 0 aromatic heterocycles. The van der Waals surface area contributed by atoms with Gasteiger partial charge in [-0.1, -0.05) is 69.0 Å². The van der Waals surface area contributed by atoms with Crippen molar-refractivity contribution in [3.8, 4) is 16.9 Å². The number of hydrogen-bond donors (Lipinski definition) is 1. The van der Waals surface area contributed by atoms with Gasteiger partial charge in [0.2, 0.25) is 0 Å². The molecular formula is C21H28O2. The highest BCUT2D eigenvalue weighted by molar-refractivity contribution is 5.64. The van der Waals surface area contributed by atoms with Crippen LogP contribution >= 0.6 is 0 Å². The van der Waals surface area contributed by atoms with Crippen molar-refractivity contribution in [1.82, 2.24) is 0 Å². The summed E-state index contributed by atoms with van der Waals surface area (Å²) in [6.07, 6.45) is 5.87. The number of ether oxygens (including phenoxy) is 1. The molecule has 2 aromatic carbocycles. The van der Waals surface area contributed by atoms with E-state index < -0.39 is 6.10 Å². The Hall–Kier alpha value is -1.80. The van der Waals surface area contributed by atoms with E-state index in [1.807, 2.05) is 36.4 Å². The van der Waals surface area contributed by atoms with Gasteiger partial charge in [0.25, 0.3) is 0 Å². The average Bonchev–Trinajstić information content (AvgIpc) is 2.58. The van der Waals surface area contributed by atoms with Crippen molar-refractivity contribution >= 4 is 0 Å². The number of hydrogen-bond acceptors (Lipinski definition) is 2. The summed E-state index contributed by atoms with van der Waals surface area (Å²) in [6, 6.07) is 16.3. The Morgan fingerprint density at radius 3 is 1.96 bits per heavy atom. The largest absolute Gasteiger partial charge is 0.494 e. The van der Waals surface area contributed by atoms with Gasteiger partial charge >= 0.3 is 0 Å². The van der Waals surface area contributed by atoms with Gasteiger partial charge in [-0.2, -0.15) is 0 Å². The van der Waals surface area contributed by atoms with Crippen molar-refractivity contribution in [1.29, 1.82) is 0 Å². The third-order valence-corrected chi connectivity index (χ3v) is 4.10. The fraction of sp³-hybridized carbons (Fsp3) is 0.429. The molecule has 1 atom stereocenters. The molecule has 1 unspecified atom stereocenters. The first kappa shape index (κ1) is 17.6. The second-order valence-corrected chi connectivity index (χ2v) is 6.09. The molecule has 0 saturated carbocycles. The summed E-state index contributed by atoms with van der Waals surface area (Å²) in [6.45, 7) is 4.81. The van der Waals surface area contributed by atoms with Gasteiger partial charge in [0.15, 0.2) is 0 Å². The highest BCUT2D eigenvalue weighted by Crippen LogP contribution is 2.24. The van der Waals surface area contributed by atoms with Gasteiger partial charge in [-0.15, -0.1) is 0 Å². The van der Waals surface area contributed by atoms with Crippen molar-refractivity contribution in [2.45, 2.75) is 52.1 Å². The Morgan fingerprint density at radius 2 is 1.39 bits per heavy atom. The van der Waals surface area contributed by atoms with Crippen molar-refractivity contribution in [2.75, 3.05) is 6.61 Å². The molecule has 0 heterocycles. The van der Waals surface area contributed by atoms with Crippen LogP contribution in [0.25, 0.3) is 11.1 Å². The lowest BCUT2D eigenvalue weighted by molar-refractivity contribution is 0.199. The molecule has 124 valence electrons. The summed E-state index contributed by atoms with van der Waals surface area (Å²) >= 11 is 0. The molecule has 2 rings (SSSR count). The second kappa shape index (κ2) is 9.36. The van der Waals surface area contributed by atoms with E-state index in [2.05, 4.69) is 19.1 Å². The van der Waals surface area contributed by atoms with E-state index >= 15 is 0 Å². The van der Waals surface area contributed by atoms with E-state index in [1.54, 1.807) is 6.92 Å². The minimum absolute atomic E-state index is 0.419. The summed E-state index contributed by atoms with van der Waals surface area (Å²) < 4.78 is 5.79. The van der Waals surface area contributed by atoms with Crippen LogP contribution in [0.4, 0.5) is 0 Å². The van der Waals surface area contributed by atoms with Crippen LogP contribution in [0.3, 0.4) is 0 Å². The first-order valence-corrected chi connectivity index (χ1v) is 8.72. The zero-order valence-electron chi connectivity index (χ0n) is 14.3. The zero-order valence-corrected chi connectivity index (χ0v) is 14.3. The lowest BCUT2D eigenvalue weighted by Gasteiger charge is -2.09. The van der Waals surface area contributed by atoms with Crippen LogP contribution in [0.1, 0.15) is 57.6 Å². The monoisotopic (exact) mass is 312 g/mol. The second-order valence-electron chi connectivity index (χ2n) is 6.09. The standard InChI is InChI=1S/C21H28O2/c1-3-4-5-6-7-16-23-21-14-12-20(13-15-21)19-10-8-18(9-11-19)17(2)22/h8-15,17,22H,3-7,16H2,1-2H3. The van der Waals surface area contributed by atoms with Crippen LogP contribution < -0.4 is 4.74 Å². The van der Waals surface area contributed by atoms with Crippen molar-refractivity contribution in [2.24, 2.45) is 0 Å². The molecule has 0 aliphatic heterocycles. The van der Waals surface area contributed by atoms with Gasteiger partial charge < -0.3 is 9.84 Å². The molecule has 0 radical (unpaired) electrons. The Morgan fingerprint density at radius 1 is 0.826 bits per heavy atom. The van der Waals surface area contributed by atoms with Crippen LogP contribution in [-0.2, 0) is 0 Å². The average molecular weight is 312 g/mol. The van der Waals surface area contributed by atoms with Crippen LogP contribution in [0.5, 0.6) is 5.75 Å². The normalized spacial score (nSPS) is 12.1. The summed E-state index contributed by atoms with van der Waals surface area (Å²) in [5.41, 5.74) is 3.26. The van der Waals surface area contributed by atoms with Crippen molar-refractivity contribution in [3.63, 3.8) is 0 Å². The zero-order chi connectivity index (χ0) is 16.5. The van der Waals surface area contributed by atoms with Crippen LogP contribution in [0.2, 0.25) is 0 Å². The SMILES string of the molecule is CCCCCCCOc1ccc(-c2ccc(C(C)O)cc2)cc1. The number of aliphatic hydroxyl groups is 1. The third kappa shape index (κ3) is 5.72. The molecule has 23 heavy (non-hydrogen) atoms. The molecule has 0 aliphatic rings. The third-order valence-electron chi connectivity index (χ3n) is 4.10. The molecule has 1 N–H and O–H groups in total. The fourth-order valence-corrected chi connectivity index (χ4v) is 2.59. The Kier molecular flexibility index (Phi) is 7.15. The van der Waals surface area contributed by atoms with Crippen molar-refractivity contribution in [3.05, 3.63) is 54.1 Å². The summed E-state index contributed by atoms with van der Waals surface area (Å²) in [5, 5.41) is 9.56. The highest BCUT2D eigenvalue weighted by Gasteiger charge is 2.02. The van der Waals surface area contributed by atoms with Crippen molar-refractivity contribution < 1.29 is 9.84 Å². The van der Waals surface area contributed by atoms with Gasteiger partial charge in [-0.05, 0) is 42.2 Å². The van der Waals surface area contributed by atoms with E-state index in [0.29, 0.717) is 0 Å². The number of rotatable bonds is 9. The molecular weight excluding hydrogens is 284 g/mol. The smallest absolute Gasteiger partial charge is 0.119 e. The first-order chi connectivity index (χ1) is 11.2. The van der Waals surface area contributed by atoms with Gasteiger partial charge in [0.1, 0.15) is 5.75 Å². The first-order valence-electron chi connectivity index (χ1n) is 8.72. The molecule has 2 heteroatoms. The van der Waals surface area contributed by atoms with E-state index in [0.717, 1.165) is 35.5 Å². The predicted molar refractivity (Wildman–Crippen MR) is 96.8 cm³/mol. The summed E-state index contributed by atoms with van der Waals surface area (Å²) in [5.74, 6) is 0.935. The summed E-state index contributed by atoms with van der Waals surface area (Å²) in [4.78, 5) is 0. The molecule has 0 spiro atoms. The van der Waals surface area contributed by atoms with Crippen LogP contribution in [0, 0.1) is 0 Å². The van der Waals surface area contributed by atoms with Gasteiger partial charge in [0, 0.05) is 0 Å². The Labute approximate surface area is 140 Å². The lowest BCUT2D eigenvalue weighted by atomic mass is 10.0. The number of aliphatic hydroxyl groups excluding tert-OH is 1. The fourth-order valence-electron chi connectivity index (χ4n) is 2.59. The Balaban J connectivity index is 1.84.